The molecule has 0 fully saturated rings. The lowest BCUT2D eigenvalue weighted by molar-refractivity contribution is 0.588. The van der Waals surface area contributed by atoms with E-state index in [1.54, 1.807) is 31.5 Å². The normalized spacial score (nSPS) is 11.8. The van der Waals surface area contributed by atoms with Crippen LogP contribution < -0.4 is 21.1 Å². The third kappa shape index (κ3) is 6.13. The minimum absolute atomic E-state index is 0.0967. The van der Waals surface area contributed by atoms with Crippen LogP contribution in [0, 0.1) is 0 Å². The van der Waals surface area contributed by atoms with Crippen molar-refractivity contribution in [3.63, 3.8) is 0 Å². The second kappa shape index (κ2) is 8.95. The molecule has 2 aromatic carbocycles. The molecule has 0 radical (unpaired) electrons. The van der Waals surface area contributed by atoms with Crippen LogP contribution in [0.3, 0.4) is 0 Å². The van der Waals surface area contributed by atoms with Crippen molar-refractivity contribution in [2.75, 3.05) is 30.5 Å². The highest BCUT2D eigenvalue weighted by molar-refractivity contribution is 7.89. The highest BCUT2D eigenvalue weighted by Crippen LogP contribution is 2.34. The summed E-state index contributed by atoms with van der Waals surface area (Å²) in [6.45, 7) is 4.10. The van der Waals surface area contributed by atoms with E-state index < -0.39 is 17.2 Å². The number of sulfonamides is 1. The molecule has 0 atom stereocenters. The summed E-state index contributed by atoms with van der Waals surface area (Å²) >= 11 is 0. The second-order valence-corrected chi connectivity index (χ2v) is 12.0. The van der Waals surface area contributed by atoms with Crippen molar-refractivity contribution in [2.24, 2.45) is 5.14 Å². The molecule has 158 valence electrons. The van der Waals surface area contributed by atoms with Gasteiger partial charge in [-0.3, -0.25) is 0 Å². The predicted molar refractivity (Wildman–Crippen MR) is 121 cm³/mol. The van der Waals surface area contributed by atoms with Gasteiger partial charge < -0.3 is 15.2 Å². The molecule has 10 heteroatoms. The molecule has 0 unspecified atom stereocenters. The molecule has 0 aliphatic rings. The number of nitrogens with two attached hydrogens (primary N) is 1. The second-order valence-electron chi connectivity index (χ2n) is 7.18. The van der Waals surface area contributed by atoms with Gasteiger partial charge in [0.1, 0.15) is 25.1 Å². The predicted octanol–water partition coefficient (Wildman–Crippen LogP) is 2.77. The number of benzene rings is 2. The van der Waals surface area contributed by atoms with Crippen LogP contribution in [-0.4, -0.2) is 38.3 Å². The van der Waals surface area contributed by atoms with Crippen LogP contribution in [0.25, 0.3) is 0 Å². The summed E-state index contributed by atoms with van der Waals surface area (Å²) in [5.41, 5.74) is 1.82. The third-order valence-corrected chi connectivity index (χ3v) is 6.87. The van der Waals surface area contributed by atoms with Crippen LogP contribution >= 0.6 is 7.14 Å². The van der Waals surface area contributed by atoms with Gasteiger partial charge in [0.05, 0.1) is 4.90 Å². The van der Waals surface area contributed by atoms with Gasteiger partial charge in [-0.05, 0) is 61.7 Å². The van der Waals surface area contributed by atoms with Gasteiger partial charge >= 0.3 is 0 Å². The number of anilines is 3. The van der Waals surface area contributed by atoms with E-state index >= 15 is 0 Å². The number of primary sulfonamides is 1. The van der Waals surface area contributed by atoms with Gasteiger partial charge in [0, 0.05) is 23.6 Å². The molecule has 1 heterocycles. The van der Waals surface area contributed by atoms with E-state index in [0.717, 1.165) is 16.6 Å². The van der Waals surface area contributed by atoms with E-state index in [1.807, 2.05) is 24.3 Å². The van der Waals surface area contributed by atoms with Gasteiger partial charge in [0.15, 0.2) is 0 Å². The molecule has 30 heavy (non-hydrogen) atoms. The Morgan fingerprint density at radius 1 is 0.967 bits per heavy atom. The van der Waals surface area contributed by atoms with Gasteiger partial charge in [-0.1, -0.05) is 12.1 Å². The summed E-state index contributed by atoms with van der Waals surface area (Å²) in [6.07, 6.45) is 2.15. The monoisotopic (exact) mass is 445 g/mol. The molecule has 3 aromatic rings. The minimum Gasteiger partial charge on any atom is -0.370 e. The lowest BCUT2D eigenvalue weighted by Gasteiger charge is -2.11. The number of nitrogens with one attached hydrogen (secondary N) is 2. The summed E-state index contributed by atoms with van der Waals surface area (Å²) in [5, 5.41) is 12.4. The van der Waals surface area contributed by atoms with Crippen molar-refractivity contribution in [2.45, 2.75) is 11.3 Å². The van der Waals surface area contributed by atoms with Crippen LogP contribution in [0.15, 0.2) is 65.8 Å². The fraction of sp³-hybridized carbons (Fsp3) is 0.200. The molecule has 0 amide bonds. The minimum atomic E-state index is -3.68. The van der Waals surface area contributed by atoms with E-state index in [4.69, 9.17) is 5.14 Å². The average Bonchev–Trinajstić information content (AvgIpc) is 2.68. The van der Waals surface area contributed by atoms with Gasteiger partial charge in [0.25, 0.3) is 0 Å². The maximum atomic E-state index is 12.1. The van der Waals surface area contributed by atoms with Crippen molar-refractivity contribution < 1.29 is 13.0 Å². The van der Waals surface area contributed by atoms with Gasteiger partial charge in [-0.2, -0.15) is 0 Å². The zero-order valence-corrected chi connectivity index (χ0v) is 18.5. The Bertz CT molecular complexity index is 1160. The first-order valence-corrected chi connectivity index (χ1v) is 13.4. The highest BCUT2D eigenvalue weighted by Gasteiger charge is 2.10. The average molecular weight is 445 g/mol. The molecule has 0 saturated carbocycles. The van der Waals surface area contributed by atoms with E-state index in [1.165, 1.54) is 18.5 Å². The Balaban J connectivity index is 1.57. The zero-order valence-electron chi connectivity index (χ0n) is 16.7. The van der Waals surface area contributed by atoms with Crippen LogP contribution in [0.2, 0.25) is 0 Å². The quantitative estimate of drug-likeness (QED) is 0.455. The Hall–Kier alpha value is -2.74. The lowest BCUT2D eigenvalue weighted by atomic mass is 10.1. The first kappa shape index (κ1) is 22.0. The molecule has 0 saturated heterocycles. The Morgan fingerprint density at radius 2 is 1.60 bits per heavy atom. The third-order valence-electron chi connectivity index (χ3n) is 4.40. The van der Waals surface area contributed by atoms with Crippen LogP contribution in [0.5, 0.6) is 0 Å². The molecular weight excluding hydrogens is 421 g/mol. The van der Waals surface area contributed by atoms with Gasteiger partial charge in [0.2, 0.25) is 10.0 Å². The van der Waals surface area contributed by atoms with Gasteiger partial charge in [-0.15, -0.1) is 0 Å². The first-order valence-electron chi connectivity index (χ1n) is 9.21. The summed E-state index contributed by atoms with van der Waals surface area (Å²) < 4.78 is 34.7. The van der Waals surface area contributed by atoms with Crippen molar-refractivity contribution >= 4 is 39.8 Å². The Kier molecular flexibility index (Phi) is 6.55. The van der Waals surface area contributed by atoms with Crippen molar-refractivity contribution in [3.05, 3.63) is 66.5 Å². The molecule has 0 aliphatic carbocycles. The maximum absolute atomic E-state index is 12.1. The van der Waals surface area contributed by atoms with Gasteiger partial charge in [-0.25, -0.2) is 23.5 Å². The largest absolute Gasteiger partial charge is 0.370 e. The lowest BCUT2D eigenvalue weighted by Crippen LogP contribution is -2.12. The number of hydrogen-bond donors (Lipinski definition) is 3. The zero-order chi connectivity index (χ0) is 21.8. The topological polar surface area (TPSA) is 127 Å². The molecule has 4 N–H and O–H groups in total. The summed E-state index contributed by atoms with van der Waals surface area (Å²) in [5.74, 6) is 1.30. The SMILES string of the molecule is CP(C)(=O)c1ccc(Nc2cc(NCCc3ccc(S(N)(=O)=O)cc3)ncn2)cc1. The molecule has 0 spiro atoms. The van der Waals surface area contributed by atoms with Crippen LogP contribution in [0.1, 0.15) is 5.56 Å². The standard InChI is InChI=1S/C20H24N5O3PS/c1-29(2,26)17-7-5-16(6-8-17)25-20-13-19(23-14-24-20)22-12-11-15-3-9-18(10-4-15)30(21,27)28/h3-10,13-14H,11-12H2,1-2H3,(H2,21,27,28)(H2,22,23,24,25). The summed E-state index contributed by atoms with van der Waals surface area (Å²) in [6, 6.07) is 15.7. The maximum Gasteiger partial charge on any atom is 0.238 e. The van der Waals surface area contributed by atoms with E-state index in [0.29, 0.717) is 24.6 Å². The first-order chi connectivity index (χ1) is 14.1. The number of aromatic nitrogens is 2. The van der Waals surface area contributed by atoms with Crippen molar-refractivity contribution in [1.82, 2.24) is 9.97 Å². The van der Waals surface area contributed by atoms with E-state index in [9.17, 15) is 13.0 Å². The number of rotatable bonds is 8. The van der Waals surface area contributed by atoms with E-state index in [2.05, 4.69) is 20.6 Å². The van der Waals surface area contributed by atoms with Crippen molar-refractivity contribution in [1.29, 1.82) is 0 Å². The molecule has 0 bridgehead atoms. The van der Waals surface area contributed by atoms with Crippen molar-refractivity contribution in [3.8, 4) is 0 Å². The molecule has 1 aromatic heterocycles. The Labute approximate surface area is 176 Å². The molecule has 3 rings (SSSR count). The summed E-state index contributed by atoms with van der Waals surface area (Å²) in [7, 11) is -5.95. The molecular formula is C20H24N5O3PS. The molecule has 8 nitrogen and oxygen atoms in total. The van der Waals surface area contributed by atoms with Crippen LogP contribution in [0.4, 0.5) is 17.3 Å². The fourth-order valence-electron chi connectivity index (χ4n) is 2.75. The smallest absolute Gasteiger partial charge is 0.238 e. The number of hydrogen-bond acceptors (Lipinski definition) is 7. The van der Waals surface area contributed by atoms with Crippen LogP contribution in [-0.2, 0) is 21.0 Å². The highest BCUT2D eigenvalue weighted by atomic mass is 32.2. The number of nitrogens with zero attached hydrogens (tertiary/aromatic N) is 2. The Morgan fingerprint density at radius 3 is 2.20 bits per heavy atom. The van der Waals surface area contributed by atoms with E-state index in [-0.39, 0.29) is 4.90 Å². The summed E-state index contributed by atoms with van der Waals surface area (Å²) in [4.78, 5) is 8.53. The fourth-order valence-corrected chi connectivity index (χ4v) is 4.14. The molecule has 0 aliphatic heterocycles.